The normalized spacial score (nSPS) is 20.4. The SMILES string of the molecule is CNC(c1ccc(F)cc1)C1(OC)CCCC1. The smallest absolute Gasteiger partial charge is 0.123 e. The first-order valence-electron chi connectivity index (χ1n) is 6.20. The van der Waals surface area contributed by atoms with Gasteiger partial charge in [-0.1, -0.05) is 25.0 Å². The molecule has 1 fully saturated rings. The van der Waals surface area contributed by atoms with Crippen LogP contribution in [-0.4, -0.2) is 19.8 Å². The van der Waals surface area contributed by atoms with Gasteiger partial charge >= 0.3 is 0 Å². The predicted molar refractivity (Wildman–Crippen MR) is 66.4 cm³/mol. The summed E-state index contributed by atoms with van der Waals surface area (Å²) in [7, 11) is 3.71. The highest BCUT2D eigenvalue weighted by atomic mass is 19.1. The summed E-state index contributed by atoms with van der Waals surface area (Å²) in [4.78, 5) is 0. The summed E-state index contributed by atoms with van der Waals surface area (Å²) in [5.74, 6) is -0.193. The zero-order valence-corrected chi connectivity index (χ0v) is 10.5. The molecule has 1 aliphatic rings. The van der Waals surface area contributed by atoms with E-state index in [2.05, 4.69) is 5.32 Å². The molecular formula is C14H20FNO. The van der Waals surface area contributed by atoms with Gasteiger partial charge in [0.05, 0.1) is 11.6 Å². The van der Waals surface area contributed by atoms with Crippen molar-refractivity contribution in [3.05, 3.63) is 35.6 Å². The van der Waals surface area contributed by atoms with Crippen LogP contribution in [0.5, 0.6) is 0 Å². The van der Waals surface area contributed by atoms with Crippen LogP contribution in [0.3, 0.4) is 0 Å². The van der Waals surface area contributed by atoms with Gasteiger partial charge in [0.1, 0.15) is 5.82 Å². The molecule has 0 heterocycles. The van der Waals surface area contributed by atoms with Gasteiger partial charge in [0, 0.05) is 7.11 Å². The monoisotopic (exact) mass is 237 g/mol. The number of rotatable bonds is 4. The number of ether oxygens (including phenoxy) is 1. The van der Waals surface area contributed by atoms with E-state index in [0.717, 1.165) is 18.4 Å². The Morgan fingerprint density at radius 2 is 1.82 bits per heavy atom. The van der Waals surface area contributed by atoms with Gasteiger partial charge < -0.3 is 10.1 Å². The lowest BCUT2D eigenvalue weighted by molar-refractivity contribution is -0.0349. The summed E-state index contributed by atoms with van der Waals surface area (Å²) in [6, 6.07) is 6.84. The second-order valence-corrected chi connectivity index (χ2v) is 4.75. The van der Waals surface area contributed by atoms with Crippen LogP contribution in [-0.2, 0) is 4.74 Å². The zero-order chi connectivity index (χ0) is 12.3. The van der Waals surface area contributed by atoms with Crippen LogP contribution in [0.2, 0.25) is 0 Å². The maximum Gasteiger partial charge on any atom is 0.123 e. The molecule has 1 N–H and O–H groups in total. The van der Waals surface area contributed by atoms with Crippen LogP contribution in [0.15, 0.2) is 24.3 Å². The lowest BCUT2D eigenvalue weighted by atomic mass is 9.87. The summed E-state index contributed by atoms with van der Waals surface area (Å²) in [6.07, 6.45) is 4.53. The van der Waals surface area contributed by atoms with Crippen molar-refractivity contribution >= 4 is 0 Å². The molecule has 0 aliphatic heterocycles. The van der Waals surface area contributed by atoms with Crippen molar-refractivity contribution in [3.8, 4) is 0 Å². The molecule has 3 heteroatoms. The number of likely N-dealkylation sites (N-methyl/N-ethyl adjacent to an activating group) is 1. The van der Waals surface area contributed by atoms with E-state index in [-0.39, 0.29) is 17.5 Å². The Morgan fingerprint density at radius 3 is 2.29 bits per heavy atom. The minimum absolute atomic E-state index is 0.132. The fraction of sp³-hybridized carbons (Fsp3) is 0.571. The van der Waals surface area contributed by atoms with Gasteiger partial charge in [-0.05, 0) is 37.6 Å². The summed E-state index contributed by atoms with van der Waals surface area (Å²) in [5, 5.41) is 3.32. The van der Waals surface area contributed by atoms with Crippen LogP contribution in [0.1, 0.15) is 37.3 Å². The van der Waals surface area contributed by atoms with Gasteiger partial charge in [-0.3, -0.25) is 0 Å². The maximum absolute atomic E-state index is 13.0. The van der Waals surface area contributed by atoms with Crippen molar-refractivity contribution in [2.75, 3.05) is 14.2 Å². The standard InChI is InChI=1S/C14H20FNO/c1-16-13(11-5-7-12(15)8-6-11)14(17-2)9-3-4-10-14/h5-8,13,16H,3-4,9-10H2,1-2H3. The number of hydrogen-bond donors (Lipinski definition) is 1. The highest BCUT2D eigenvalue weighted by molar-refractivity contribution is 5.23. The third-order valence-electron chi connectivity index (χ3n) is 3.87. The van der Waals surface area contributed by atoms with Gasteiger partial charge in [-0.25, -0.2) is 4.39 Å². The third-order valence-corrected chi connectivity index (χ3v) is 3.87. The van der Waals surface area contributed by atoms with Crippen molar-refractivity contribution < 1.29 is 9.13 Å². The Kier molecular flexibility index (Phi) is 3.79. The Bertz CT molecular complexity index is 357. The maximum atomic E-state index is 13.0. The van der Waals surface area contributed by atoms with E-state index < -0.39 is 0 Å². The van der Waals surface area contributed by atoms with E-state index in [1.54, 1.807) is 7.11 Å². The van der Waals surface area contributed by atoms with Gasteiger partial charge in [-0.2, -0.15) is 0 Å². The highest BCUT2D eigenvalue weighted by Crippen LogP contribution is 2.42. The Hall–Kier alpha value is -0.930. The second kappa shape index (κ2) is 5.15. The Morgan fingerprint density at radius 1 is 1.24 bits per heavy atom. The minimum atomic E-state index is -0.193. The largest absolute Gasteiger partial charge is 0.376 e. The van der Waals surface area contributed by atoms with Crippen molar-refractivity contribution in [1.82, 2.24) is 5.32 Å². The molecule has 1 aromatic rings. The van der Waals surface area contributed by atoms with E-state index in [0.29, 0.717) is 0 Å². The van der Waals surface area contributed by atoms with Gasteiger partial charge in [0.25, 0.3) is 0 Å². The van der Waals surface area contributed by atoms with Crippen LogP contribution in [0.25, 0.3) is 0 Å². The quantitative estimate of drug-likeness (QED) is 0.869. The summed E-state index contributed by atoms with van der Waals surface area (Å²) >= 11 is 0. The molecule has 17 heavy (non-hydrogen) atoms. The summed E-state index contributed by atoms with van der Waals surface area (Å²) < 4.78 is 18.7. The lowest BCUT2D eigenvalue weighted by Crippen LogP contribution is -2.42. The van der Waals surface area contributed by atoms with E-state index in [9.17, 15) is 4.39 Å². The van der Waals surface area contributed by atoms with Crippen LogP contribution >= 0.6 is 0 Å². The molecule has 2 rings (SSSR count). The van der Waals surface area contributed by atoms with E-state index in [1.807, 2.05) is 19.2 Å². The molecule has 0 radical (unpaired) electrons. The molecule has 1 aliphatic carbocycles. The molecule has 0 spiro atoms. The minimum Gasteiger partial charge on any atom is -0.376 e. The first-order chi connectivity index (χ1) is 8.22. The Balaban J connectivity index is 2.28. The fourth-order valence-corrected chi connectivity index (χ4v) is 2.97. The van der Waals surface area contributed by atoms with Crippen LogP contribution < -0.4 is 5.32 Å². The molecule has 0 saturated heterocycles. The number of benzene rings is 1. The zero-order valence-electron chi connectivity index (χ0n) is 10.5. The van der Waals surface area contributed by atoms with Crippen LogP contribution in [0.4, 0.5) is 4.39 Å². The van der Waals surface area contributed by atoms with E-state index >= 15 is 0 Å². The van der Waals surface area contributed by atoms with Crippen LogP contribution in [0, 0.1) is 5.82 Å². The highest BCUT2D eigenvalue weighted by Gasteiger charge is 2.41. The third kappa shape index (κ3) is 2.35. The molecule has 1 saturated carbocycles. The van der Waals surface area contributed by atoms with Gasteiger partial charge in [0.15, 0.2) is 0 Å². The topological polar surface area (TPSA) is 21.3 Å². The number of halogens is 1. The van der Waals surface area contributed by atoms with Crippen molar-refractivity contribution in [2.24, 2.45) is 0 Å². The number of hydrogen-bond acceptors (Lipinski definition) is 2. The Labute approximate surface area is 102 Å². The molecule has 94 valence electrons. The number of methoxy groups -OCH3 is 1. The molecule has 1 unspecified atom stereocenters. The predicted octanol–water partition coefficient (Wildman–Crippen LogP) is 3.05. The fourth-order valence-electron chi connectivity index (χ4n) is 2.97. The van der Waals surface area contributed by atoms with Crippen molar-refractivity contribution in [1.29, 1.82) is 0 Å². The molecule has 2 nitrogen and oxygen atoms in total. The molecular weight excluding hydrogens is 217 g/mol. The number of nitrogens with one attached hydrogen (secondary N) is 1. The first-order valence-corrected chi connectivity index (χ1v) is 6.20. The lowest BCUT2D eigenvalue weighted by Gasteiger charge is -2.36. The molecule has 1 aromatic carbocycles. The molecule has 1 atom stereocenters. The van der Waals surface area contributed by atoms with Crippen molar-refractivity contribution in [3.63, 3.8) is 0 Å². The van der Waals surface area contributed by atoms with Gasteiger partial charge in [0.2, 0.25) is 0 Å². The molecule has 0 aromatic heterocycles. The van der Waals surface area contributed by atoms with E-state index in [1.165, 1.54) is 25.0 Å². The molecule has 0 amide bonds. The van der Waals surface area contributed by atoms with Crippen molar-refractivity contribution in [2.45, 2.75) is 37.3 Å². The summed E-state index contributed by atoms with van der Waals surface area (Å²) in [5.41, 5.74) is 0.963. The second-order valence-electron chi connectivity index (χ2n) is 4.75. The summed E-state index contributed by atoms with van der Waals surface area (Å²) in [6.45, 7) is 0. The average molecular weight is 237 g/mol. The first kappa shape index (κ1) is 12.5. The van der Waals surface area contributed by atoms with Gasteiger partial charge in [-0.15, -0.1) is 0 Å². The van der Waals surface area contributed by atoms with E-state index in [4.69, 9.17) is 4.74 Å². The molecule has 0 bridgehead atoms. The average Bonchev–Trinajstić information content (AvgIpc) is 2.82.